The van der Waals surface area contributed by atoms with Crippen LogP contribution in [0.1, 0.15) is 61.2 Å². The molecule has 0 N–H and O–H groups in total. The van der Waals surface area contributed by atoms with Crippen molar-refractivity contribution < 1.29 is 4.57 Å². The molecule has 2 heterocycles. The number of aryl methyl sites for hydroxylation is 8. The van der Waals surface area contributed by atoms with Crippen LogP contribution in [0.4, 0.5) is 0 Å². The van der Waals surface area contributed by atoms with E-state index in [1.165, 1.54) is 100.0 Å². The third-order valence-electron chi connectivity index (χ3n) is 9.61. The van der Waals surface area contributed by atoms with Gasteiger partial charge in [-0.25, -0.2) is 9.13 Å². The van der Waals surface area contributed by atoms with E-state index in [0.717, 1.165) is 0 Å². The SMILES string of the molecule is Cc1cc2c(c(C)c1C)[n+](C)c(-n1c3c(C)c(C)c(C)c(C)c3c3c(C)c(C)c(C)c(C)c31)n2C. The van der Waals surface area contributed by atoms with Crippen molar-refractivity contribution in [1.82, 2.24) is 9.13 Å². The Labute approximate surface area is 210 Å². The predicted octanol–water partition coefficient (Wildman–Crippen LogP) is 7.49. The van der Waals surface area contributed by atoms with Gasteiger partial charge in [-0.05, 0) is 143 Å². The van der Waals surface area contributed by atoms with Gasteiger partial charge in [0.05, 0.1) is 14.1 Å². The Kier molecular flexibility index (Phi) is 5.05. The molecule has 3 nitrogen and oxygen atoms in total. The van der Waals surface area contributed by atoms with Gasteiger partial charge in [0, 0.05) is 10.8 Å². The molecule has 0 atom stereocenters. The summed E-state index contributed by atoms with van der Waals surface area (Å²) < 4.78 is 7.41. The molecule has 0 amide bonds. The minimum absolute atomic E-state index is 1.21. The largest absolute Gasteiger partial charge is 0.370 e. The third kappa shape index (κ3) is 2.76. The van der Waals surface area contributed by atoms with Gasteiger partial charge in [-0.15, -0.1) is 0 Å². The van der Waals surface area contributed by atoms with E-state index in [2.05, 4.69) is 110 Å². The number of rotatable bonds is 1. The van der Waals surface area contributed by atoms with Crippen molar-refractivity contribution in [3.8, 4) is 5.95 Å². The van der Waals surface area contributed by atoms with Crippen molar-refractivity contribution in [2.45, 2.75) is 76.2 Å². The average molecular weight is 467 g/mol. The fourth-order valence-electron chi connectivity index (χ4n) is 6.53. The highest BCUT2D eigenvalue weighted by atomic mass is 15.3. The lowest BCUT2D eigenvalue weighted by atomic mass is 9.90. The molecule has 35 heavy (non-hydrogen) atoms. The first-order valence-corrected chi connectivity index (χ1v) is 12.8. The van der Waals surface area contributed by atoms with E-state index in [1.807, 2.05) is 0 Å². The van der Waals surface area contributed by atoms with E-state index in [9.17, 15) is 0 Å². The summed E-state index contributed by atoms with van der Waals surface area (Å²) >= 11 is 0. The second-order valence-electron chi connectivity index (χ2n) is 11.0. The van der Waals surface area contributed by atoms with E-state index < -0.39 is 0 Å². The van der Waals surface area contributed by atoms with Crippen LogP contribution in [0.5, 0.6) is 0 Å². The van der Waals surface area contributed by atoms with E-state index in [0.29, 0.717) is 0 Å². The molecule has 0 aliphatic rings. The lowest BCUT2D eigenvalue weighted by Gasteiger charge is -2.12. The molecule has 0 unspecified atom stereocenters. The topological polar surface area (TPSA) is 13.7 Å². The van der Waals surface area contributed by atoms with Crippen LogP contribution in [0, 0.1) is 76.2 Å². The van der Waals surface area contributed by atoms with Crippen LogP contribution in [0.25, 0.3) is 38.8 Å². The smallest absolute Gasteiger partial charge is 0.230 e. The fourth-order valence-corrected chi connectivity index (χ4v) is 6.53. The van der Waals surface area contributed by atoms with Gasteiger partial charge in [-0.1, -0.05) is 0 Å². The molecule has 0 spiro atoms. The van der Waals surface area contributed by atoms with E-state index in [-0.39, 0.29) is 0 Å². The summed E-state index contributed by atoms with van der Waals surface area (Å²) in [6, 6.07) is 2.36. The summed E-state index contributed by atoms with van der Waals surface area (Å²) in [6.45, 7) is 25.1. The molecule has 0 saturated heterocycles. The van der Waals surface area contributed by atoms with Gasteiger partial charge < -0.3 is 0 Å². The predicted molar refractivity (Wildman–Crippen MR) is 151 cm³/mol. The summed E-state index contributed by atoms with van der Waals surface area (Å²) in [5.41, 5.74) is 20.6. The molecule has 2 aromatic heterocycles. The first kappa shape index (κ1) is 23.7. The van der Waals surface area contributed by atoms with Crippen LogP contribution < -0.4 is 4.57 Å². The Morgan fingerprint density at radius 2 is 0.971 bits per heavy atom. The van der Waals surface area contributed by atoms with Crippen LogP contribution in [-0.2, 0) is 14.1 Å². The molecule has 3 heteroatoms. The molecular formula is C32H40N3+. The van der Waals surface area contributed by atoms with Gasteiger partial charge in [-0.2, -0.15) is 4.57 Å². The normalized spacial score (nSPS) is 12.1. The molecule has 0 bridgehead atoms. The molecule has 0 aliphatic heterocycles. The van der Waals surface area contributed by atoms with E-state index >= 15 is 0 Å². The van der Waals surface area contributed by atoms with Gasteiger partial charge in [0.1, 0.15) is 22.1 Å². The molecule has 5 rings (SSSR count). The highest BCUT2D eigenvalue weighted by Crippen LogP contribution is 2.43. The molecule has 0 saturated carbocycles. The average Bonchev–Trinajstić information content (AvgIpc) is 3.29. The number of imidazole rings is 1. The zero-order valence-electron chi connectivity index (χ0n) is 23.9. The molecule has 5 aromatic rings. The molecule has 3 aromatic carbocycles. The second kappa shape index (κ2) is 7.46. The third-order valence-corrected chi connectivity index (χ3v) is 9.61. The zero-order chi connectivity index (χ0) is 25.8. The molecule has 182 valence electrons. The molecule has 0 fully saturated rings. The van der Waals surface area contributed by atoms with Crippen molar-refractivity contribution in [1.29, 1.82) is 0 Å². The Bertz CT molecular complexity index is 1680. The highest BCUT2D eigenvalue weighted by molar-refractivity contribution is 6.15. The first-order chi connectivity index (χ1) is 16.3. The fraction of sp³-hybridized carbons (Fsp3) is 0.406. The van der Waals surface area contributed by atoms with Crippen molar-refractivity contribution in [2.75, 3.05) is 0 Å². The standard InChI is InChI=1S/C32H40N3/c1-15-14-26-29(23(9)16(15)2)34(13)32(33(26)12)35-30-24(10)19(5)17(3)21(7)27(30)28-22(8)18(4)20(6)25(11)31(28)35/h14H,1-13H3/q+1. The lowest BCUT2D eigenvalue weighted by Crippen LogP contribution is -2.34. The molecule has 0 aliphatic carbocycles. The van der Waals surface area contributed by atoms with Gasteiger partial charge in [0.15, 0.2) is 0 Å². The van der Waals surface area contributed by atoms with Gasteiger partial charge in [0.2, 0.25) is 0 Å². The zero-order valence-corrected chi connectivity index (χ0v) is 23.9. The van der Waals surface area contributed by atoms with Crippen molar-refractivity contribution in [3.63, 3.8) is 0 Å². The maximum Gasteiger partial charge on any atom is 0.370 e. The number of nitrogens with zero attached hydrogens (tertiary/aromatic N) is 3. The Hall–Kier alpha value is -3.07. The van der Waals surface area contributed by atoms with Crippen LogP contribution in [0.15, 0.2) is 6.07 Å². The number of fused-ring (bicyclic) bond motifs is 4. The number of benzene rings is 3. The van der Waals surface area contributed by atoms with Crippen LogP contribution in [0.3, 0.4) is 0 Å². The number of hydrogen-bond donors (Lipinski definition) is 0. The Balaban J connectivity index is 2.18. The van der Waals surface area contributed by atoms with E-state index in [1.54, 1.807) is 0 Å². The van der Waals surface area contributed by atoms with Gasteiger partial charge in [0.25, 0.3) is 0 Å². The number of hydrogen-bond acceptors (Lipinski definition) is 0. The maximum atomic E-state index is 2.58. The summed E-state index contributed by atoms with van der Waals surface area (Å²) in [5, 5.41) is 2.83. The maximum absolute atomic E-state index is 2.58. The van der Waals surface area contributed by atoms with E-state index in [4.69, 9.17) is 0 Å². The molecule has 0 radical (unpaired) electrons. The summed E-state index contributed by atoms with van der Waals surface area (Å²) in [5.74, 6) is 1.21. The Morgan fingerprint density at radius 1 is 0.543 bits per heavy atom. The summed E-state index contributed by atoms with van der Waals surface area (Å²) in [7, 11) is 4.47. The Morgan fingerprint density at radius 3 is 1.43 bits per heavy atom. The minimum Gasteiger partial charge on any atom is -0.230 e. The summed E-state index contributed by atoms with van der Waals surface area (Å²) in [6.07, 6.45) is 0. The van der Waals surface area contributed by atoms with Gasteiger partial charge >= 0.3 is 5.95 Å². The van der Waals surface area contributed by atoms with Crippen molar-refractivity contribution in [2.24, 2.45) is 14.1 Å². The quantitative estimate of drug-likeness (QED) is 0.227. The second-order valence-corrected chi connectivity index (χ2v) is 11.0. The van der Waals surface area contributed by atoms with Gasteiger partial charge in [-0.3, -0.25) is 0 Å². The van der Waals surface area contributed by atoms with Crippen LogP contribution in [0.2, 0.25) is 0 Å². The minimum atomic E-state index is 1.21. The molecular weight excluding hydrogens is 426 g/mol. The van der Waals surface area contributed by atoms with Crippen LogP contribution in [-0.4, -0.2) is 9.13 Å². The van der Waals surface area contributed by atoms with Crippen LogP contribution >= 0.6 is 0 Å². The monoisotopic (exact) mass is 466 g/mol. The first-order valence-electron chi connectivity index (χ1n) is 12.8. The summed E-state index contributed by atoms with van der Waals surface area (Å²) in [4.78, 5) is 0. The lowest BCUT2D eigenvalue weighted by molar-refractivity contribution is -0.639. The highest BCUT2D eigenvalue weighted by Gasteiger charge is 2.32. The van der Waals surface area contributed by atoms with Crippen molar-refractivity contribution in [3.05, 3.63) is 67.3 Å². The number of aromatic nitrogens is 3. The van der Waals surface area contributed by atoms with Crippen molar-refractivity contribution >= 4 is 32.8 Å².